The first-order valence-electron chi connectivity index (χ1n) is 5.77. The Hall–Kier alpha value is -2.04. The Kier molecular flexibility index (Phi) is 5.17. The van der Waals surface area contributed by atoms with Gasteiger partial charge in [-0.3, -0.25) is 4.79 Å². The average molecular weight is 250 g/mol. The van der Waals surface area contributed by atoms with Gasteiger partial charge in [0.2, 0.25) is 5.91 Å². The Labute approximate surface area is 106 Å². The van der Waals surface area contributed by atoms with Crippen LogP contribution in [0, 0.1) is 5.92 Å². The second-order valence-corrected chi connectivity index (χ2v) is 4.33. The first-order chi connectivity index (χ1) is 8.50. The van der Waals surface area contributed by atoms with E-state index < -0.39 is 18.0 Å². The van der Waals surface area contributed by atoms with Gasteiger partial charge in [-0.1, -0.05) is 44.2 Å². The van der Waals surface area contributed by atoms with Gasteiger partial charge in [-0.25, -0.2) is 4.79 Å². The van der Waals surface area contributed by atoms with Crippen LogP contribution in [-0.2, 0) is 16.1 Å². The molecule has 1 rings (SSSR count). The Morgan fingerprint density at radius 1 is 1.28 bits per heavy atom. The van der Waals surface area contributed by atoms with Gasteiger partial charge in [0.1, 0.15) is 12.6 Å². The molecule has 18 heavy (non-hydrogen) atoms. The van der Waals surface area contributed by atoms with Crippen molar-refractivity contribution in [2.75, 3.05) is 0 Å². The molecule has 0 spiro atoms. The summed E-state index contributed by atoms with van der Waals surface area (Å²) < 4.78 is 5.00. The van der Waals surface area contributed by atoms with Crippen molar-refractivity contribution in [2.24, 2.45) is 11.7 Å². The topological polar surface area (TPSA) is 81.4 Å². The van der Waals surface area contributed by atoms with Gasteiger partial charge >= 0.3 is 6.09 Å². The lowest BCUT2D eigenvalue weighted by molar-refractivity contribution is -0.120. The van der Waals surface area contributed by atoms with Crippen molar-refractivity contribution in [3.05, 3.63) is 35.9 Å². The number of hydrogen-bond donors (Lipinski definition) is 2. The van der Waals surface area contributed by atoms with E-state index in [9.17, 15) is 9.59 Å². The normalized spacial score (nSPS) is 11.9. The molecule has 5 nitrogen and oxygen atoms in total. The average Bonchev–Trinajstić information content (AvgIpc) is 2.34. The van der Waals surface area contributed by atoms with Crippen LogP contribution in [0.5, 0.6) is 0 Å². The fraction of sp³-hybridized carbons (Fsp3) is 0.385. The minimum Gasteiger partial charge on any atom is -0.445 e. The number of ether oxygens (including phenoxy) is 1. The number of nitrogens with one attached hydrogen (secondary N) is 1. The van der Waals surface area contributed by atoms with E-state index in [4.69, 9.17) is 10.5 Å². The van der Waals surface area contributed by atoms with Crippen molar-refractivity contribution in [3.8, 4) is 0 Å². The molecular formula is C13H18N2O3. The van der Waals surface area contributed by atoms with Gasteiger partial charge in [0.05, 0.1) is 0 Å². The smallest absolute Gasteiger partial charge is 0.408 e. The number of hydrogen-bond acceptors (Lipinski definition) is 3. The highest BCUT2D eigenvalue weighted by atomic mass is 16.5. The zero-order chi connectivity index (χ0) is 13.5. The molecule has 3 N–H and O–H groups in total. The van der Waals surface area contributed by atoms with Gasteiger partial charge < -0.3 is 15.8 Å². The molecule has 0 aliphatic carbocycles. The minimum atomic E-state index is -0.715. The first kappa shape index (κ1) is 14.0. The lowest BCUT2D eigenvalue weighted by Crippen LogP contribution is -2.47. The molecule has 0 aliphatic heterocycles. The number of carbonyl (C=O) groups excluding carboxylic acids is 2. The van der Waals surface area contributed by atoms with Crippen molar-refractivity contribution in [2.45, 2.75) is 26.5 Å². The molecule has 98 valence electrons. The van der Waals surface area contributed by atoms with E-state index in [2.05, 4.69) is 5.32 Å². The molecule has 0 bridgehead atoms. The molecule has 1 aromatic carbocycles. The van der Waals surface area contributed by atoms with Crippen molar-refractivity contribution >= 4 is 12.0 Å². The lowest BCUT2D eigenvalue weighted by Gasteiger charge is -2.18. The van der Waals surface area contributed by atoms with Gasteiger partial charge in [-0.2, -0.15) is 0 Å². The maximum Gasteiger partial charge on any atom is 0.408 e. The van der Waals surface area contributed by atoms with Crippen molar-refractivity contribution in [1.82, 2.24) is 5.32 Å². The Bertz CT molecular complexity index is 404. The summed E-state index contributed by atoms with van der Waals surface area (Å²) in [6.45, 7) is 3.76. The Morgan fingerprint density at radius 2 is 1.89 bits per heavy atom. The van der Waals surface area contributed by atoms with Crippen molar-refractivity contribution in [1.29, 1.82) is 0 Å². The van der Waals surface area contributed by atoms with Crippen molar-refractivity contribution < 1.29 is 14.3 Å². The van der Waals surface area contributed by atoms with Gasteiger partial charge in [0, 0.05) is 0 Å². The van der Waals surface area contributed by atoms with Gasteiger partial charge in [0.15, 0.2) is 0 Å². The van der Waals surface area contributed by atoms with E-state index in [-0.39, 0.29) is 12.5 Å². The summed E-state index contributed by atoms with van der Waals surface area (Å²) in [6.07, 6.45) is -0.642. The maximum atomic E-state index is 11.5. The second kappa shape index (κ2) is 6.64. The molecule has 0 aliphatic rings. The summed E-state index contributed by atoms with van der Waals surface area (Å²) in [4.78, 5) is 22.6. The summed E-state index contributed by atoms with van der Waals surface area (Å²) in [7, 11) is 0. The first-order valence-corrected chi connectivity index (χ1v) is 5.77. The third-order valence-corrected chi connectivity index (χ3v) is 2.46. The van der Waals surface area contributed by atoms with Gasteiger partial charge in [0.25, 0.3) is 0 Å². The number of nitrogens with two attached hydrogens (primary N) is 1. The third-order valence-electron chi connectivity index (χ3n) is 2.46. The lowest BCUT2D eigenvalue weighted by atomic mass is 10.0. The molecule has 0 saturated carbocycles. The fourth-order valence-corrected chi connectivity index (χ4v) is 1.46. The van der Waals surface area contributed by atoms with Crippen LogP contribution >= 0.6 is 0 Å². The molecule has 0 radical (unpaired) electrons. The number of alkyl carbamates (subject to hydrolysis) is 1. The number of primary amides is 1. The molecule has 0 unspecified atom stereocenters. The molecule has 2 amide bonds. The summed E-state index contributed by atoms with van der Waals surface area (Å²) in [5, 5.41) is 2.45. The number of rotatable bonds is 5. The standard InChI is InChI=1S/C13H18N2O3/c1-9(2)11(12(14)16)15-13(17)18-8-10-6-4-3-5-7-10/h3-7,9,11H,8H2,1-2H3,(H2,14,16)(H,15,17)/t11-/m0/s1. The zero-order valence-corrected chi connectivity index (χ0v) is 10.6. The van der Waals surface area contributed by atoms with E-state index in [1.54, 1.807) is 13.8 Å². The summed E-state index contributed by atoms with van der Waals surface area (Å²) in [6, 6.07) is 8.58. The monoisotopic (exact) mass is 250 g/mol. The summed E-state index contributed by atoms with van der Waals surface area (Å²) in [5.74, 6) is -0.645. The number of benzene rings is 1. The SMILES string of the molecule is CC(C)[C@H](NC(=O)OCc1ccccc1)C(N)=O. The van der Waals surface area contributed by atoms with E-state index >= 15 is 0 Å². The molecule has 0 aromatic heterocycles. The molecule has 0 saturated heterocycles. The number of carbonyl (C=O) groups is 2. The van der Waals surface area contributed by atoms with Gasteiger partial charge in [-0.05, 0) is 11.5 Å². The summed E-state index contributed by atoms with van der Waals surface area (Å²) in [5.41, 5.74) is 6.07. The number of amides is 2. The predicted molar refractivity (Wildman–Crippen MR) is 67.6 cm³/mol. The Balaban J connectivity index is 2.44. The quantitative estimate of drug-likeness (QED) is 0.829. The van der Waals surface area contributed by atoms with Crippen LogP contribution in [0.3, 0.4) is 0 Å². The molecule has 5 heteroatoms. The predicted octanol–water partition coefficient (Wildman–Crippen LogP) is 1.42. The van der Waals surface area contributed by atoms with Gasteiger partial charge in [-0.15, -0.1) is 0 Å². The van der Waals surface area contributed by atoms with Crippen LogP contribution in [0.15, 0.2) is 30.3 Å². The molecule has 1 aromatic rings. The van der Waals surface area contributed by atoms with E-state index in [1.165, 1.54) is 0 Å². The van der Waals surface area contributed by atoms with E-state index in [0.717, 1.165) is 5.56 Å². The van der Waals surface area contributed by atoms with Crippen LogP contribution in [0.2, 0.25) is 0 Å². The highest BCUT2D eigenvalue weighted by molar-refractivity contribution is 5.84. The maximum absolute atomic E-state index is 11.5. The fourth-order valence-electron chi connectivity index (χ4n) is 1.46. The van der Waals surface area contributed by atoms with Crippen molar-refractivity contribution in [3.63, 3.8) is 0 Å². The summed E-state index contributed by atoms with van der Waals surface area (Å²) >= 11 is 0. The van der Waals surface area contributed by atoms with Crippen LogP contribution in [0.4, 0.5) is 4.79 Å². The molecule has 0 fully saturated rings. The Morgan fingerprint density at radius 3 is 2.39 bits per heavy atom. The second-order valence-electron chi connectivity index (χ2n) is 4.33. The highest BCUT2D eigenvalue weighted by Crippen LogP contribution is 2.03. The third kappa shape index (κ3) is 4.45. The zero-order valence-electron chi connectivity index (χ0n) is 10.6. The molecular weight excluding hydrogens is 232 g/mol. The largest absolute Gasteiger partial charge is 0.445 e. The van der Waals surface area contributed by atoms with Crippen LogP contribution < -0.4 is 11.1 Å². The van der Waals surface area contributed by atoms with E-state index in [0.29, 0.717) is 0 Å². The van der Waals surface area contributed by atoms with Crippen LogP contribution in [-0.4, -0.2) is 18.0 Å². The molecule has 1 atom stereocenters. The molecule has 0 heterocycles. The van der Waals surface area contributed by atoms with Crippen LogP contribution in [0.25, 0.3) is 0 Å². The minimum absolute atomic E-state index is 0.0771. The van der Waals surface area contributed by atoms with E-state index in [1.807, 2.05) is 30.3 Å². The highest BCUT2D eigenvalue weighted by Gasteiger charge is 2.22. The van der Waals surface area contributed by atoms with Crippen LogP contribution in [0.1, 0.15) is 19.4 Å².